The van der Waals surface area contributed by atoms with Gasteiger partial charge in [-0.25, -0.2) is 0 Å². The maximum Gasteiger partial charge on any atom is 0.317 e. The van der Waals surface area contributed by atoms with Crippen molar-refractivity contribution in [2.75, 3.05) is 14.2 Å². The van der Waals surface area contributed by atoms with Crippen LogP contribution in [-0.4, -0.2) is 110 Å². The van der Waals surface area contributed by atoms with Crippen LogP contribution in [0.1, 0.15) is 60.8 Å². The second-order valence-electron chi connectivity index (χ2n) is 14.9. The molecule has 4 aromatic rings. The van der Waals surface area contributed by atoms with Gasteiger partial charge in [-0.3, -0.25) is 14.4 Å². The van der Waals surface area contributed by atoms with Gasteiger partial charge in [0.05, 0.1) is 31.8 Å². The Kier molecular flexibility index (Phi) is 10.0. The van der Waals surface area contributed by atoms with E-state index in [9.17, 15) is 29.7 Å². The van der Waals surface area contributed by atoms with Crippen LogP contribution in [0.2, 0.25) is 0 Å². The second kappa shape index (κ2) is 14.9. The summed E-state index contributed by atoms with van der Waals surface area (Å²) in [5.41, 5.74) is 14.0. The van der Waals surface area contributed by atoms with Gasteiger partial charge in [0.2, 0.25) is 12.0 Å². The fourth-order valence-corrected chi connectivity index (χ4v) is 8.68. The molecule has 57 heavy (non-hydrogen) atoms. The van der Waals surface area contributed by atoms with Gasteiger partial charge in [-0.05, 0) is 36.6 Å². The minimum atomic E-state index is -1.90. The van der Waals surface area contributed by atoms with Gasteiger partial charge in [-0.1, -0.05) is 6.07 Å². The number of aliphatic hydroxyl groups excluding tert-OH is 3. The number of aromatic amines is 1. The molecule has 2 aromatic heterocycles. The number of hydrogen-bond donors (Lipinski definition) is 7. The number of carboxylic acid groups (broad SMARTS) is 1. The lowest BCUT2D eigenvalue weighted by atomic mass is 9.67. The van der Waals surface area contributed by atoms with Crippen LogP contribution in [0.4, 0.5) is 0 Å². The van der Waals surface area contributed by atoms with E-state index >= 15 is 0 Å². The molecule has 18 nitrogen and oxygen atoms in total. The summed E-state index contributed by atoms with van der Waals surface area (Å²) < 4.78 is 44.7. The number of aliphatic carboxylic acids is 1. The molecular weight excluding hydrogens is 748 g/mol. The quantitative estimate of drug-likeness (QED) is 0.0642. The molecule has 0 bridgehead atoms. The first-order valence-electron chi connectivity index (χ1n) is 18.5. The molecule has 2 aromatic carbocycles. The van der Waals surface area contributed by atoms with Crippen molar-refractivity contribution >= 4 is 28.6 Å². The van der Waals surface area contributed by atoms with Gasteiger partial charge in [-0.15, -0.1) is 0 Å². The largest absolute Gasteiger partial charge is 0.493 e. The first-order valence-corrected chi connectivity index (χ1v) is 18.5. The molecule has 1 saturated heterocycles. The number of fused-ring (bicyclic) bond motifs is 7. The van der Waals surface area contributed by atoms with Crippen LogP contribution < -0.4 is 35.2 Å². The Morgan fingerprint density at radius 2 is 1.81 bits per heavy atom. The van der Waals surface area contributed by atoms with Gasteiger partial charge in [0.25, 0.3) is 0 Å². The molecule has 2 fully saturated rings. The molecule has 0 radical (unpaired) electrons. The molecule has 5 heterocycles. The number of benzene rings is 2. The number of Topliss-reactive ketones (excluding diaryl/α,β-unsaturated/α-hetero) is 1. The Hall–Kier alpha value is -5.37. The standard InChI is InChI=1S/C39H44N4O14/c1-51-23-4-3-21-28-34(55-32(21)33(23)52-2)27-18(15-43-14-17-7-10-42-22(17)16-43)11-20(12-24(27)57-39(28)8-5-19(44)6-9-39)53-38-31(50)29(48)30(49)35(56-38)36(37(40)41)54-26(47)13-25(45)46/h3-4,7,10-12,14,16,28-31,34-38,42,48-50H,5-6,8-9,13,15,40-41H2,1-2H3,(H,45,46)/t28-,29-,30-,31+,34-,35-,36-,38+/m0/s1. The summed E-state index contributed by atoms with van der Waals surface area (Å²) in [7, 11) is 3.08. The Balaban J connectivity index is 1.21. The summed E-state index contributed by atoms with van der Waals surface area (Å²) in [5.74, 6) is -0.979. The maximum atomic E-state index is 12.6. The molecule has 0 unspecified atom stereocenters. The van der Waals surface area contributed by atoms with Crippen LogP contribution in [0.25, 0.3) is 10.9 Å². The summed E-state index contributed by atoms with van der Waals surface area (Å²) >= 11 is 0. The average molecular weight is 793 g/mol. The molecule has 1 spiro atoms. The van der Waals surface area contributed by atoms with Gasteiger partial charge in [0.15, 0.2) is 17.6 Å². The average Bonchev–Trinajstić information content (AvgIpc) is 3.89. The van der Waals surface area contributed by atoms with Crippen molar-refractivity contribution in [1.29, 1.82) is 0 Å². The highest BCUT2D eigenvalue weighted by Crippen LogP contribution is 2.64. The third kappa shape index (κ3) is 6.81. The summed E-state index contributed by atoms with van der Waals surface area (Å²) in [6, 6.07) is 9.04. The van der Waals surface area contributed by atoms with E-state index in [0.29, 0.717) is 66.4 Å². The molecule has 8 rings (SSSR count). The number of carboxylic acids is 1. The molecule has 9 N–H and O–H groups in total. The van der Waals surface area contributed by atoms with E-state index in [2.05, 4.69) is 4.98 Å². The van der Waals surface area contributed by atoms with Gasteiger partial charge >= 0.3 is 11.9 Å². The summed E-state index contributed by atoms with van der Waals surface area (Å²) in [4.78, 5) is 39.3. The van der Waals surface area contributed by atoms with Crippen LogP contribution in [0.3, 0.4) is 0 Å². The van der Waals surface area contributed by atoms with Crippen molar-refractivity contribution < 1.29 is 68.0 Å². The number of nitrogens with zero attached hydrogens (tertiary/aromatic N) is 1. The van der Waals surface area contributed by atoms with Crippen molar-refractivity contribution in [3.63, 3.8) is 0 Å². The number of carbonyl (C=O) groups excluding carboxylic acids is 2. The van der Waals surface area contributed by atoms with E-state index < -0.39 is 73.0 Å². The molecule has 1 saturated carbocycles. The molecule has 304 valence electrons. The number of esters is 1. The van der Waals surface area contributed by atoms with E-state index in [1.54, 1.807) is 19.2 Å². The van der Waals surface area contributed by atoms with Gasteiger partial charge in [-0.2, -0.15) is 0 Å². The molecule has 4 aliphatic rings. The third-order valence-electron chi connectivity index (χ3n) is 11.3. The lowest BCUT2D eigenvalue weighted by Gasteiger charge is -2.48. The number of rotatable bonds is 11. The number of hydrogen-bond acceptors (Lipinski definition) is 15. The number of aliphatic hydroxyl groups is 3. The molecule has 0 amide bonds. The Morgan fingerprint density at radius 1 is 1.04 bits per heavy atom. The normalized spacial score (nSPS) is 26.5. The smallest absolute Gasteiger partial charge is 0.317 e. The summed E-state index contributed by atoms with van der Waals surface area (Å²) in [5, 5.41) is 43.0. The van der Waals surface area contributed by atoms with Crippen molar-refractivity contribution in [1.82, 2.24) is 9.55 Å². The fraction of sp³-hybridized carbons (Fsp3) is 0.462. The molecule has 3 aliphatic heterocycles. The number of aromatic nitrogens is 2. The Labute approximate surface area is 325 Å². The van der Waals surface area contributed by atoms with E-state index in [0.717, 1.165) is 16.5 Å². The third-order valence-corrected chi connectivity index (χ3v) is 11.3. The van der Waals surface area contributed by atoms with E-state index in [1.807, 2.05) is 41.4 Å². The van der Waals surface area contributed by atoms with Crippen molar-refractivity contribution in [2.24, 2.45) is 11.5 Å². The number of ether oxygens (including phenoxy) is 7. The molecule has 18 heteroatoms. The topological polar surface area (TPSA) is 270 Å². The molecule has 8 atom stereocenters. The van der Waals surface area contributed by atoms with Gasteiger partial charge < -0.3 is 74.6 Å². The van der Waals surface area contributed by atoms with E-state index in [-0.39, 0.29) is 17.5 Å². The molecule has 1 aliphatic carbocycles. The number of carbonyl (C=O) groups is 3. The number of H-pyrrole nitrogens is 1. The van der Waals surface area contributed by atoms with Crippen molar-refractivity contribution in [2.45, 2.75) is 99.2 Å². The highest BCUT2D eigenvalue weighted by molar-refractivity contribution is 5.90. The molecular formula is C39H44N4O14. The predicted molar refractivity (Wildman–Crippen MR) is 196 cm³/mol. The zero-order valence-electron chi connectivity index (χ0n) is 31.0. The number of methoxy groups -OCH3 is 2. The number of nitrogens with one attached hydrogen (secondary N) is 1. The van der Waals surface area contributed by atoms with Crippen molar-refractivity contribution in [3.8, 4) is 28.7 Å². The van der Waals surface area contributed by atoms with Crippen molar-refractivity contribution in [3.05, 3.63) is 65.6 Å². The van der Waals surface area contributed by atoms with E-state index in [4.69, 9.17) is 49.7 Å². The maximum absolute atomic E-state index is 12.6. The van der Waals surface area contributed by atoms with Crippen LogP contribution in [0.15, 0.2) is 48.9 Å². The lowest BCUT2D eigenvalue weighted by molar-refractivity contribution is -0.291. The zero-order valence-corrected chi connectivity index (χ0v) is 31.0. The Morgan fingerprint density at radius 3 is 2.49 bits per heavy atom. The minimum absolute atomic E-state index is 0.125. The lowest BCUT2D eigenvalue weighted by Crippen LogP contribution is -2.66. The number of nitrogens with two attached hydrogens (primary N) is 2. The first kappa shape index (κ1) is 38.5. The highest BCUT2D eigenvalue weighted by Gasteiger charge is 2.58. The highest BCUT2D eigenvalue weighted by atomic mass is 16.7. The van der Waals surface area contributed by atoms with E-state index in [1.165, 1.54) is 7.11 Å². The summed E-state index contributed by atoms with van der Waals surface area (Å²) in [6.45, 7) is 0.294. The Bertz CT molecular complexity index is 2160. The van der Waals surface area contributed by atoms with Crippen LogP contribution in [0, 0.1) is 0 Å². The fourth-order valence-electron chi connectivity index (χ4n) is 8.68. The van der Waals surface area contributed by atoms with Crippen LogP contribution in [0.5, 0.6) is 28.7 Å². The van der Waals surface area contributed by atoms with Crippen LogP contribution in [-0.2, 0) is 30.4 Å². The minimum Gasteiger partial charge on any atom is -0.493 e. The summed E-state index contributed by atoms with van der Waals surface area (Å²) in [6.07, 6.45) is -6.56. The van der Waals surface area contributed by atoms with Gasteiger partial charge in [0.1, 0.15) is 59.8 Å². The second-order valence-corrected chi connectivity index (χ2v) is 14.9. The van der Waals surface area contributed by atoms with Gasteiger partial charge in [0, 0.05) is 60.6 Å². The number of ketones is 1. The SMILES string of the molecule is COc1ccc2c(c1OC)O[C@H]1c3c(Cn4cc5cc[nH]c5c4)cc(O[C@@H]4O[C@H]([C@H](OC(=O)CC(=O)O)C(N)N)[C@@H](O)[C@H](O)[C@H]4O)cc3OC3(CCC(=O)CC3)[C@@H]21. The predicted octanol–water partition coefficient (Wildman–Crippen LogP) is 1.34. The monoisotopic (exact) mass is 792 g/mol. The zero-order chi connectivity index (χ0) is 40.3. The first-order chi connectivity index (χ1) is 27.3. The van der Waals surface area contributed by atoms with Crippen LogP contribution >= 0.6 is 0 Å².